The number of amides is 2. The van der Waals surface area contributed by atoms with Gasteiger partial charge in [0, 0.05) is 42.3 Å². The molecule has 0 bridgehead atoms. The van der Waals surface area contributed by atoms with Crippen LogP contribution < -0.4 is 15.4 Å². The summed E-state index contributed by atoms with van der Waals surface area (Å²) in [4.78, 5) is 31.9. The van der Waals surface area contributed by atoms with Crippen LogP contribution >= 0.6 is 0 Å². The normalized spacial score (nSPS) is 14.4. The Kier molecular flexibility index (Phi) is 8.31. The van der Waals surface area contributed by atoms with E-state index >= 15 is 0 Å². The van der Waals surface area contributed by atoms with E-state index in [2.05, 4.69) is 15.6 Å². The number of carbonyl (C=O) groups is 2. The van der Waals surface area contributed by atoms with Crippen LogP contribution in [0.4, 0.5) is 11.4 Å². The molecule has 3 aromatic rings. The monoisotopic (exact) mass is 502 g/mol. The van der Waals surface area contributed by atoms with Crippen molar-refractivity contribution in [2.75, 3.05) is 25.0 Å². The molecule has 1 aromatic heterocycles. The lowest BCUT2D eigenvalue weighted by molar-refractivity contribution is -0.132. The fraction of sp³-hybridized carbons (Fsp3) is 0.433. The number of likely N-dealkylation sites (tertiary alicyclic amines) is 1. The molecular weight excluding hydrogens is 464 g/mol. The number of rotatable bonds is 8. The number of hydrogen-bond acceptors (Lipinski definition) is 5. The summed E-state index contributed by atoms with van der Waals surface area (Å²) in [5, 5.41) is 7.32. The molecule has 1 aliphatic heterocycles. The highest BCUT2D eigenvalue weighted by atomic mass is 16.5. The van der Waals surface area contributed by atoms with E-state index in [1.807, 2.05) is 81.1 Å². The van der Waals surface area contributed by atoms with Gasteiger partial charge in [0.2, 0.25) is 5.91 Å². The van der Waals surface area contributed by atoms with Crippen LogP contribution in [0.25, 0.3) is 10.9 Å². The largest absolute Gasteiger partial charge is 0.493 e. The van der Waals surface area contributed by atoms with Gasteiger partial charge in [0.05, 0.1) is 23.4 Å². The highest BCUT2D eigenvalue weighted by molar-refractivity contribution is 6.08. The van der Waals surface area contributed by atoms with Crippen LogP contribution in [0.1, 0.15) is 63.7 Å². The van der Waals surface area contributed by atoms with Gasteiger partial charge in [-0.05, 0) is 76.3 Å². The second kappa shape index (κ2) is 11.6. The van der Waals surface area contributed by atoms with E-state index in [0.717, 1.165) is 54.7 Å². The summed E-state index contributed by atoms with van der Waals surface area (Å²) in [5.74, 6) is 1.22. The van der Waals surface area contributed by atoms with Gasteiger partial charge in [-0.25, -0.2) is 0 Å². The van der Waals surface area contributed by atoms with Gasteiger partial charge in [-0.2, -0.15) is 0 Å². The Morgan fingerprint density at radius 2 is 1.81 bits per heavy atom. The number of benzene rings is 2. The van der Waals surface area contributed by atoms with Crippen molar-refractivity contribution in [2.45, 2.75) is 58.9 Å². The van der Waals surface area contributed by atoms with E-state index < -0.39 is 0 Å². The molecule has 0 spiro atoms. The Hall–Kier alpha value is -3.61. The number of para-hydroxylation sites is 1. The molecular formula is C30H38N4O3. The van der Waals surface area contributed by atoms with Gasteiger partial charge < -0.3 is 20.3 Å². The molecule has 1 saturated heterocycles. The van der Waals surface area contributed by atoms with Crippen molar-refractivity contribution in [3.05, 3.63) is 60.3 Å². The lowest BCUT2D eigenvalue weighted by atomic mass is 9.97. The zero-order valence-corrected chi connectivity index (χ0v) is 22.3. The average molecular weight is 503 g/mol. The first-order valence-electron chi connectivity index (χ1n) is 13.2. The number of hydrogen-bond donors (Lipinski definition) is 2. The van der Waals surface area contributed by atoms with Gasteiger partial charge in [-0.1, -0.05) is 25.1 Å². The number of carbonyl (C=O) groups excluding carboxylic acids is 2. The number of fused-ring (bicyclic) bond motifs is 1. The number of pyridine rings is 1. The minimum atomic E-state index is -0.377. The van der Waals surface area contributed by atoms with E-state index in [1.165, 1.54) is 0 Å². The first kappa shape index (κ1) is 26.5. The van der Waals surface area contributed by atoms with Crippen molar-refractivity contribution in [3.8, 4) is 5.75 Å². The maximum Gasteiger partial charge on any atom is 0.255 e. The number of nitrogens with one attached hydrogen (secondary N) is 2. The standard InChI is InChI=1S/C30H38N4O3/c1-5-9-27(35)34-16-14-21(15-17-34)20-37-23-12-13-26-24(18-23)28(32-22-10-7-6-8-11-22)25(19-31-26)29(36)33-30(2,3)4/h6-8,10-13,18-19,21H,5,9,14-17,20H2,1-4H3,(H,31,32)(H,33,36). The van der Waals surface area contributed by atoms with Crippen LogP contribution in [-0.2, 0) is 4.79 Å². The molecule has 7 nitrogen and oxygen atoms in total. The van der Waals surface area contributed by atoms with E-state index in [1.54, 1.807) is 6.20 Å². The predicted molar refractivity (Wildman–Crippen MR) is 148 cm³/mol. The van der Waals surface area contributed by atoms with Gasteiger partial charge in [0.25, 0.3) is 5.91 Å². The fourth-order valence-electron chi connectivity index (χ4n) is 4.58. The maximum absolute atomic E-state index is 13.2. The molecule has 0 unspecified atom stereocenters. The van der Waals surface area contributed by atoms with Crippen molar-refractivity contribution in [3.63, 3.8) is 0 Å². The molecule has 1 fully saturated rings. The molecule has 1 aliphatic rings. The number of anilines is 2. The summed E-state index contributed by atoms with van der Waals surface area (Å²) in [6, 6.07) is 15.6. The summed E-state index contributed by atoms with van der Waals surface area (Å²) < 4.78 is 6.22. The first-order valence-corrected chi connectivity index (χ1v) is 13.2. The van der Waals surface area contributed by atoms with Gasteiger partial charge in [0.1, 0.15) is 5.75 Å². The third-order valence-corrected chi connectivity index (χ3v) is 6.53. The molecule has 2 N–H and O–H groups in total. The van der Waals surface area contributed by atoms with E-state index in [4.69, 9.17) is 4.74 Å². The quantitative estimate of drug-likeness (QED) is 0.399. The summed E-state index contributed by atoms with van der Waals surface area (Å²) in [6.45, 7) is 10.1. The number of aromatic nitrogens is 1. The molecule has 196 valence electrons. The van der Waals surface area contributed by atoms with E-state index in [-0.39, 0.29) is 17.4 Å². The Morgan fingerprint density at radius 1 is 1.08 bits per heavy atom. The zero-order valence-electron chi connectivity index (χ0n) is 22.3. The van der Waals surface area contributed by atoms with Gasteiger partial charge in [-0.15, -0.1) is 0 Å². The Bertz CT molecular complexity index is 1230. The van der Waals surface area contributed by atoms with Crippen molar-refractivity contribution in [1.29, 1.82) is 0 Å². The second-order valence-electron chi connectivity index (χ2n) is 10.8. The van der Waals surface area contributed by atoms with Crippen LogP contribution in [0.2, 0.25) is 0 Å². The molecule has 7 heteroatoms. The molecule has 0 atom stereocenters. The summed E-state index contributed by atoms with van der Waals surface area (Å²) in [6.07, 6.45) is 5.04. The van der Waals surface area contributed by atoms with Crippen molar-refractivity contribution in [1.82, 2.24) is 15.2 Å². The Morgan fingerprint density at radius 3 is 2.49 bits per heavy atom. The topological polar surface area (TPSA) is 83.6 Å². The van der Waals surface area contributed by atoms with Gasteiger partial charge in [0.15, 0.2) is 0 Å². The molecule has 0 radical (unpaired) electrons. The smallest absolute Gasteiger partial charge is 0.255 e. The minimum Gasteiger partial charge on any atom is -0.493 e. The Balaban J connectivity index is 1.55. The highest BCUT2D eigenvalue weighted by Gasteiger charge is 2.23. The molecule has 37 heavy (non-hydrogen) atoms. The molecule has 0 saturated carbocycles. The summed E-state index contributed by atoms with van der Waals surface area (Å²) >= 11 is 0. The van der Waals surface area contributed by atoms with Crippen LogP contribution in [0, 0.1) is 5.92 Å². The molecule has 0 aliphatic carbocycles. The highest BCUT2D eigenvalue weighted by Crippen LogP contribution is 2.32. The van der Waals surface area contributed by atoms with Gasteiger partial charge in [-0.3, -0.25) is 14.6 Å². The van der Waals surface area contributed by atoms with Crippen LogP contribution in [0.3, 0.4) is 0 Å². The second-order valence-corrected chi connectivity index (χ2v) is 10.8. The van der Waals surface area contributed by atoms with E-state index in [9.17, 15) is 9.59 Å². The maximum atomic E-state index is 13.2. The predicted octanol–water partition coefficient (Wildman–Crippen LogP) is 5.92. The average Bonchev–Trinajstić information content (AvgIpc) is 2.87. The SMILES string of the molecule is CCCC(=O)N1CCC(COc2ccc3ncc(C(=O)NC(C)(C)C)c(Nc4ccccc4)c3c2)CC1. The third-order valence-electron chi connectivity index (χ3n) is 6.53. The molecule has 2 heterocycles. The molecule has 2 amide bonds. The van der Waals surface area contributed by atoms with Crippen LogP contribution in [0.5, 0.6) is 5.75 Å². The molecule has 4 rings (SSSR count). The zero-order chi connectivity index (χ0) is 26.4. The number of ether oxygens (including phenoxy) is 1. The van der Waals surface area contributed by atoms with Gasteiger partial charge >= 0.3 is 0 Å². The van der Waals surface area contributed by atoms with Crippen LogP contribution in [-0.4, -0.2) is 46.9 Å². The fourth-order valence-corrected chi connectivity index (χ4v) is 4.58. The van der Waals surface area contributed by atoms with Crippen molar-refractivity contribution in [2.24, 2.45) is 5.92 Å². The third kappa shape index (κ3) is 7.00. The summed E-state index contributed by atoms with van der Waals surface area (Å²) in [7, 11) is 0. The number of piperidine rings is 1. The Labute approximate surface area is 219 Å². The first-order chi connectivity index (χ1) is 17.7. The summed E-state index contributed by atoms with van der Waals surface area (Å²) in [5.41, 5.74) is 2.47. The lowest BCUT2D eigenvalue weighted by Crippen LogP contribution is -2.40. The van der Waals surface area contributed by atoms with Crippen molar-refractivity contribution >= 4 is 34.1 Å². The van der Waals surface area contributed by atoms with E-state index in [0.29, 0.717) is 30.2 Å². The lowest BCUT2D eigenvalue weighted by Gasteiger charge is -2.32. The van der Waals surface area contributed by atoms with Crippen LogP contribution in [0.15, 0.2) is 54.7 Å². The number of nitrogens with zero attached hydrogens (tertiary/aromatic N) is 2. The minimum absolute atomic E-state index is 0.184. The molecule has 2 aromatic carbocycles. The van der Waals surface area contributed by atoms with Crippen molar-refractivity contribution < 1.29 is 14.3 Å².